The molecule has 1 atom stereocenters. The molecule has 122 valence electrons. The van der Waals surface area contributed by atoms with E-state index in [1.54, 1.807) is 0 Å². The Morgan fingerprint density at radius 3 is 2.77 bits per heavy atom. The van der Waals surface area contributed by atoms with Crippen LogP contribution in [0.5, 0.6) is 0 Å². The van der Waals surface area contributed by atoms with Gasteiger partial charge in [0.2, 0.25) is 0 Å². The maximum absolute atomic E-state index is 12.3. The molecule has 0 radical (unpaired) electrons. The van der Waals surface area contributed by atoms with E-state index >= 15 is 0 Å². The van der Waals surface area contributed by atoms with Gasteiger partial charge in [-0.3, -0.25) is 0 Å². The highest BCUT2D eigenvalue weighted by Crippen LogP contribution is 2.22. The van der Waals surface area contributed by atoms with Crippen molar-refractivity contribution in [3.63, 3.8) is 0 Å². The molecule has 1 aromatic heterocycles. The second kappa shape index (κ2) is 6.55. The third-order valence-electron chi connectivity index (χ3n) is 3.78. The second-order valence-corrected chi connectivity index (χ2v) is 7.04. The Kier molecular flexibility index (Phi) is 4.94. The van der Waals surface area contributed by atoms with Crippen LogP contribution < -0.4 is 4.90 Å². The molecule has 0 saturated carbocycles. The van der Waals surface area contributed by atoms with Crippen LogP contribution in [0, 0.1) is 6.92 Å². The van der Waals surface area contributed by atoms with Gasteiger partial charge in [0.05, 0.1) is 6.04 Å². The highest BCUT2D eigenvalue weighted by atomic mass is 16.6. The van der Waals surface area contributed by atoms with E-state index in [-0.39, 0.29) is 12.1 Å². The Balaban J connectivity index is 1.98. The highest BCUT2D eigenvalue weighted by molar-refractivity contribution is 5.69. The molecule has 0 spiro atoms. The molecule has 1 fully saturated rings. The number of amides is 1. The number of likely N-dealkylation sites (N-methyl/N-ethyl adjacent to an activating group) is 1. The van der Waals surface area contributed by atoms with Crippen LogP contribution in [0.3, 0.4) is 0 Å². The van der Waals surface area contributed by atoms with Crippen molar-refractivity contribution < 1.29 is 9.53 Å². The number of nitrogens with zero attached hydrogens (tertiary/aromatic N) is 3. The minimum atomic E-state index is -0.450. The summed E-state index contributed by atoms with van der Waals surface area (Å²) in [6.07, 6.45) is 3.70. The number of likely N-dealkylation sites (tertiary alicyclic amines) is 1. The molecule has 22 heavy (non-hydrogen) atoms. The largest absolute Gasteiger partial charge is 0.444 e. The summed E-state index contributed by atoms with van der Waals surface area (Å²) in [5.41, 5.74) is 0.697. The van der Waals surface area contributed by atoms with Crippen molar-refractivity contribution in [2.75, 3.05) is 25.0 Å². The molecule has 5 heteroatoms. The Hall–Kier alpha value is -1.78. The van der Waals surface area contributed by atoms with E-state index in [2.05, 4.69) is 16.0 Å². The predicted octanol–water partition coefficient (Wildman–Crippen LogP) is 3.23. The van der Waals surface area contributed by atoms with Gasteiger partial charge >= 0.3 is 6.09 Å². The number of rotatable bonds is 3. The Morgan fingerprint density at radius 1 is 1.45 bits per heavy atom. The minimum Gasteiger partial charge on any atom is -0.444 e. The van der Waals surface area contributed by atoms with Crippen LogP contribution in [0.1, 0.15) is 39.2 Å². The molecule has 0 aromatic carbocycles. The van der Waals surface area contributed by atoms with Crippen LogP contribution in [-0.4, -0.2) is 47.8 Å². The summed E-state index contributed by atoms with van der Waals surface area (Å²) in [5.74, 6) is 0.932. The number of aryl methyl sites for hydroxylation is 1. The molecular formula is C17H27N3O2. The molecule has 1 aliphatic rings. The van der Waals surface area contributed by atoms with Crippen molar-refractivity contribution in [1.29, 1.82) is 0 Å². The van der Waals surface area contributed by atoms with Gasteiger partial charge in [-0.15, -0.1) is 0 Å². The van der Waals surface area contributed by atoms with Crippen molar-refractivity contribution in [3.05, 3.63) is 23.9 Å². The molecule has 1 amide bonds. The van der Waals surface area contributed by atoms with Gasteiger partial charge < -0.3 is 14.5 Å². The quantitative estimate of drug-likeness (QED) is 0.860. The average Bonchev–Trinajstić information content (AvgIpc) is 2.85. The molecule has 2 heterocycles. The fraction of sp³-hybridized carbons (Fsp3) is 0.647. The van der Waals surface area contributed by atoms with Crippen LogP contribution >= 0.6 is 0 Å². The fourth-order valence-corrected chi connectivity index (χ4v) is 2.68. The third kappa shape index (κ3) is 4.36. The molecular weight excluding hydrogens is 278 g/mol. The lowest BCUT2D eigenvalue weighted by atomic mass is 10.2. The molecule has 0 bridgehead atoms. The molecule has 2 rings (SSSR count). The molecule has 0 aliphatic carbocycles. The standard InChI is InChI=1S/C17H27N3O2/c1-13-8-9-15(18-11-13)19(5)12-14-7-6-10-20(14)16(21)22-17(2,3)4/h8-9,11,14H,6-7,10,12H2,1-5H3. The second-order valence-electron chi connectivity index (χ2n) is 7.04. The van der Waals surface area contributed by atoms with E-state index in [9.17, 15) is 4.79 Å². The van der Waals surface area contributed by atoms with Gasteiger partial charge in [0.1, 0.15) is 11.4 Å². The van der Waals surface area contributed by atoms with E-state index in [0.29, 0.717) is 0 Å². The number of pyridine rings is 1. The number of carbonyl (C=O) groups is 1. The van der Waals surface area contributed by atoms with Crippen molar-refractivity contribution in [2.24, 2.45) is 0 Å². The van der Waals surface area contributed by atoms with Gasteiger partial charge in [-0.05, 0) is 52.2 Å². The van der Waals surface area contributed by atoms with Gasteiger partial charge in [-0.1, -0.05) is 6.07 Å². The first-order valence-electron chi connectivity index (χ1n) is 7.90. The molecule has 1 unspecified atom stereocenters. The summed E-state index contributed by atoms with van der Waals surface area (Å²) in [4.78, 5) is 20.7. The Labute approximate surface area is 133 Å². The summed E-state index contributed by atoms with van der Waals surface area (Å²) >= 11 is 0. The normalized spacial score (nSPS) is 18.4. The van der Waals surface area contributed by atoms with Crippen LogP contribution in [0.15, 0.2) is 18.3 Å². The van der Waals surface area contributed by atoms with Gasteiger partial charge in [-0.2, -0.15) is 0 Å². The Morgan fingerprint density at radius 2 is 2.18 bits per heavy atom. The van der Waals surface area contributed by atoms with Gasteiger partial charge in [0, 0.05) is 26.3 Å². The number of ether oxygens (including phenoxy) is 1. The lowest BCUT2D eigenvalue weighted by molar-refractivity contribution is 0.0232. The molecule has 5 nitrogen and oxygen atoms in total. The monoisotopic (exact) mass is 305 g/mol. The summed E-state index contributed by atoms with van der Waals surface area (Å²) in [5, 5.41) is 0. The molecule has 0 N–H and O–H groups in total. The van der Waals surface area contributed by atoms with E-state index in [1.165, 1.54) is 0 Å². The van der Waals surface area contributed by atoms with E-state index in [1.807, 2.05) is 51.9 Å². The first-order chi connectivity index (χ1) is 10.3. The lowest BCUT2D eigenvalue weighted by Gasteiger charge is -2.31. The maximum Gasteiger partial charge on any atom is 0.410 e. The fourth-order valence-electron chi connectivity index (χ4n) is 2.68. The van der Waals surface area contributed by atoms with E-state index < -0.39 is 5.60 Å². The lowest BCUT2D eigenvalue weighted by Crippen LogP contribution is -2.44. The van der Waals surface area contributed by atoms with E-state index in [0.717, 1.165) is 37.3 Å². The van der Waals surface area contributed by atoms with Gasteiger partial charge in [0.15, 0.2) is 0 Å². The molecule has 1 aromatic rings. The number of hydrogen-bond acceptors (Lipinski definition) is 4. The van der Waals surface area contributed by atoms with Crippen LogP contribution in [-0.2, 0) is 4.74 Å². The summed E-state index contributed by atoms with van der Waals surface area (Å²) < 4.78 is 5.51. The summed E-state index contributed by atoms with van der Waals surface area (Å²) in [7, 11) is 2.02. The number of carbonyl (C=O) groups excluding carboxylic acids is 1. The zero-order valence-electron chi connectivity index (χ0n) is 14.3. The summed E-state index contributed by atoms with van der Waals surface area (Å²) in [6, 6.07) is 4.25. The smallest absolute Gasteiger partial charge is 0.410 e. The van der Waals surface area contributed by atoms with Gasteiger partial charge in [0.25, 0.3) is 0 Å². The minimum absolute atomic E-state index is 0.183. The van der Waals surface area contributed by atoms with E-state index in [4.69, 9.17) is 4.74 Å². The zero-order valence-corrected chi connectivity index (χ0v) is 14.3. The Bertz CT molecular complexity index is 508. The highest BCUT2D eigenvalue weighted by Gasteiger charge is 2.32. The van der Waals surface area contributed by atoms with Crippen LogP contribution in [0.2, 0.25) is 0 Å². The topological polar surface area (TPSA) is 45.7 Å². The SMILES string of the molecule is Cc1ccc(N(C)CC2CCCN2C(=O)OC(C)(C)C)nc1. The third-order valence-corrected chi connectivity index (χ3v) is 3.78. The molecule has 1 saturated heterocycles. The van der Waals surface area contributed by atoms with Crippen molar-refractivity contribution in [1.82, 2.24) is 9.88 Å². The maximum atomic E-state index is 12.3. The van der Waals surface area contributed by atoms with Crippen molar-refractivity contribution >= 4 is 11.9 Å². The number of hydrogen-bond donors (Lipinski definition) is 0. The average molecular weight is 305 g/mol. The van der Waals surface area contributed by atoms with Gasteiger partial charge in [-0.25, -0.2) is 9.78 Å². The summed E-state index contributed by atoms with van der Waals surface area (Å²) in [6.45, 7) is 9.27. The number of anilines is 1. The molecule has 1 aliphatic heterocycles. The zero-order chi connectivity index (χ0) is 16.3. The first-order valence-corrected chi connectivity index (χ1v) is 7.90. The van der Waals surface area contributed by atoms with Crippen LogP contribution in [0.4, 0.5) is 10.6 Å². The van der Waals surface area contributed by atoms with Crippen LogP contribution in [0.25, 0.3) is 0 Å². The number of aromatic nitrogens is 1. The predicted molar refractivity (Wildman–Crippen MR) is 88.2 cm³/mol. The first kappa shape index (κ1) is 16.6. The van der Waals surface area contributed by atoms with Crippen molar-refractivity contribution in [2.45, 2.75) is 52.2 Å². The van der Waals surface area contributed by atoms with Crippen molar-refractivity contribution in [3.8, 4) is 0 Å².